The number of hydrogen-bond donors (Lipinski definition) is 0. The van der Waals surface area contributed by atoms with E-state index in [1.165, 1.54) is 5.56 Å². The summed E-state index contributed by atoms with van der Waals surface area (Å²) in [7, 11) is 1.55. The smallest absolute Gasteiger partial charge is 0.203 e. The standard InChI is InChI=1S/C17H18O3/c1-12-8-9-14(10-13(12)2)20-11-16(18)15-6-4-5-7-17(15)19-3/h4-10H,11H2,1-3H3. The van der Waals surface area contributed by atoms with E-state index in [0.29, 0.717) is 17.1 Å². The van der Waals surface area contributed by atoms with Crippen LogP contribution in [-0.2, 0) is 0 Å². The highest BCUT2D eigenvalue weighted by Crippen LogP contribution is 2.20. The van der Waals surface area contributed by atoms with Gasteiger partial charge in [-0.15, -0.1) is 0 Å². The van der Waals surface area contributed by atoms with Crippen molar-refractivity contribution >= 4 is 5.78 Å². The van der Waals surface area contributed by atoms with Crippen molar-refractivity contribution in [2.24, 2.45) is 0 Å². The Kier molecular flexibility index (Phi) is 4.41. The molecule has 0 radical (unpaired) electrons. The molecular weight excluding hydrogens is 252 g/mol. The third-order valence-electron chi connectivity index (χ3n) is 3.26. The number of benzene rings is 2. The minimum atomic E-state index is -0.0966. The largest absolute Gasteiger partial charge is 0.496 e. The number of hydrogen-bond acceptors (Lipinski definition) is 3. The van der Waals surface area contributed by atoms with E-state index in [9.17, 15) is 4.79 Å². The van der Waals surface area contributed by atoms with Crippen LogP contribution in [0.4, 0.5) is 0 Å². The number of rotatable bonds is 5. The molecule has 0 aliphatic rings. The van der Waals surface area contributed by atoms with Crippen molar-refractivity contribution in [2.75, 3.05) is 13.7 Å². The topological polar surface area (TPSA) is 35.5 Å². The Balaban J connectivity index is 2.06. The lowest BCUT2D eigenvalue weighted by Gasteiger charge is -2.10. The molecule has 0 aliphatic carbocycles. The highest BCUT2D eigenvalue weighted by atomic mass is 16.5. The second-order valence-corrected chi connectivity index (χ2v) is 4.66. The van der Waals surface area contributed by atoms with E-state index in [4.69, 9.17) is 9.47 Å². The number of Topliss-reactive ketones (excluding diaryl/α,β-unsaturated/α-hetero) is 1. The molecule has 0 atom stereocenters. The normalized spacial score (nSPS) is 10.2. The first-order chi connectivity index (χ1) is 9.61. The van der Waals surface area contributed by atoms with Gasteiger partial charge in [-0.1, -0.05) is 18.2 Å². The lowest BCUT2D eigenvalue weighted by Crippen LogP contribution is -2.12. The van der Waals surface area contributed by atoms with Crippen molar-refractivity contribution in [3.05, 3.63) is 59.2 Å². The Labute approximate surface area is 119 Å². The van der Waals surface area contributed by atoms with E-state index in [0.717, 1.165) is 5.56 Å². The number of aryl methyl sites for hydroxylation is 2. The van der Waals surface area contributed by atoms with Crippen LogP contribution in [-0.4, -0.2) is 19.5 Å². The van der Waals surface area contributed by atoms with Crippen LogP contribution in [0.1, 0.15) is 21.5 Å². The number of carbonyl (C=O) groups excluding carboxylic acids is 1. The minimum Gasteiger partial charge on any atom is -0.496 e. The maximum absolute atomic E-state index is 12.1. The maximum Gasteiger partial charge on any atom is 0.203 e. The van der Waals surface area contributed by atoms with Gasteiger partial charge in [-0.2, -0.15) is 0 Å². The van der Waals surface area contributed by atoms with Gasteiger partial charge in [0.05, 0.1) is 12.7 Å². The predicted molar refractivity (Wildman–Crippen MR) is 78.7 cm³/mol. The lowest BCUT2D eigenvalue weighted by atomic mass is 10.1. The Bertz CT molecular complexity index is 617. The summed E-state index contributed by atoms with van der Waals surface area (Å²) in [4.78, 5) is 12.1. The van der Waals surface area contributed by atoms with Gasteiger partial charge in [0.1, 0.15) is 11.5 Å². The molecule has 0 amide bonds. The molecule has 0 unspecified atom stereocenters. The van der Waals surface area contributed by atoms with E-state index in [2.05, 4.69) is 0 Å². The third-order valence-corrected chi connectivity index (χ3v) is 3.26. The highest BCUT2D eigenvalue weighted by molar-refractivity contribution is 5.99. The monoisotopic (exact) mass is 270 g/mol. The Hall–Kier alpha value is -2.29. The number of methoxy groups -OCH3 is 1. The van der Waals surface area contributed by atoms with Crippen molar-refractivity contribution in [2.45, 2.75) is 13.8 Å². The molecular formula is C17H18O3. The zero-order chi connectivity index (χ0) is 14.5. The summed E-state index contributed by atoms with van der Waals surface area (Å²) in [6.07, 6.45) is 0. The van der Waals surface area contributed by atoms with E-state index in [-0.39, 0.29) is 12.4 Å². The van der Waals surface area contributed by atoms with E-state index < -0.39 is 0 Å². The first-order valence-electron chi connectivity index (χ1n) is 6.48. The molecule has 0 aliphatic heterocycles. The molecule has 0 heterocycles. The first-order valence-corrected chi connectivity index (χ1v) is 6.48. The van der Waals surface area contributed by atoms with Gasteiger partial charge in [0.15, 0.2) is 6.61 Å². The molecule has 0 aromatic heterocycles. The predicted octanol–water partition coefficient (Wildman–Crippen LogP) is 3.57. The summed E-state index contributed by atoms with van der Waals surface area (Å²) < 4.78 is 10.7. The third kappa shape index (κ3) is 3.18. The van der Waals surface area contributed by atoms with Gasteiger partial charge >= 0.3 is 0 Å². The summed E-state index contributed by atoms with van der Waals surface area (Å²) in [5, 5.41) is 0. The Morgan fingerprint density at radius 2 is 1.80 bits per heavy atom. The van der Waals surface area contributed by atoms with Crippen LogP contribution >= 0.6 is 0 Å². The number of ketones is 1. The number of para-hydroxylation sites is 1. The van der Waals surface area contributed by atoms with Gasteiger partial charge in [-0.25, -0.2) is 0 Å². The molecule has 0 N–H and O–H groups in total. The molecule has 104 valence electrons. The van der Waals surface area contributed by atoms with Crippen LogP contribution in [0.2, 0.25) is 0 Å². The van der Waals surface area contributed by atoms with Crippen LogP contribution in [0.5, 0.6) is 11.5 Å². The molecule has 0 bridgehead atoms. The van der Waals surface area contributed by atoms with E-state index in [1.54, 1.807) is 19.2 Å². The summed E-state index contributed by atoms with van der Waals surface area (Å²) >= 11 is 0. The second-order valence-electron chi connectivity index (χ2n) is 4.66. The molecule has 2 aromatic carbocycles. The van der Waals surface area contributed by atoms with Crippen LogP contribution in [0.15, 0.2) is 42.5 Å². The van der Waals surface area contributed by atoms with Gasteiger partial charge in [-0.05, 0) is 49.2 Å². The molecule has 0 fully saturated rings. The first kappa shape index (κ1) is 14.1. The van der Waals surface area contributed by atoms with E-state index in [1.807, 2.05) is 44.2 Å². The maximum atomic E-state index is 12.1. The molecule has 3 heteroatoms. The van der Waals surface area contributed by atoms with Gasteiger partial charge in [0, 0.05) is 0 Å². The molecule has 0 saturated heterocycles. The van der Waals surface area contributed by atoms with Crippen molar-refractivity contribution in [1.82, 2.24) is 0 Å². The van der Waals surface area contributed by atoms with Gasteiger partial charge in [0.25, 0.3) is 0 Å². The van der Waals surface area contributed by atoms with Crippen molar-refractivity contribution in [3.63, 3.8) is 0 Å². The van der Waals surface area contributed by atoms with Crippen LogP contribution in [0.25, 0.3) is 0 Å². The Morgan fingerprint density at radius 3 is 2.50 bits per heavy atom. The fraction of sp³-hybridized carbons (Fsp3) is 0.235. The Morgan fingerprint density at radius 1 is 1.05 bits per heavy atom. The quantitative estimate of drug-likeness (QED) is 0.779. The zero-order valence-electron chi connectivity index (χ0n) is 12.0. The van der Waals surface area contributed by atoms with Gasteiger partial charge in [0.2, 0.25) is 5.78 Å². The van der Waals surface area contributed by atoms with Crippen LogP contribution in [0.3, 0.4) is 0 Å². The van der Waals surface area contributed by atoms with Gasteiger partial charge in [-0.3, -0.25) is 4.79 Å². The molecule has 0 spiro atoms. The number of carbonyl (C=O) groups is 1. The SMILES string of the molecule is COc1ccccc1C(=O)COc1ccc(C)c(C)c1. The van der Waals surface area contributed by atoms with Crippen molar-refractivity contribution < 1.29 is 14.3 Å². The van der Waals surface area contributed by atoms with Gasteiger partial charge < -0.3 is 9.47 Å². The molecule has 20 heavy (non-hydrogen) atoms. The summed E-state index contributed by atoms with van der Waals surface area (Å²) in [6.45, 7) is 4.06. The van der Waals surface area contributed by atoms with E-state index >= 15 is 0 Å². The van der Waals surface area contributed by atoms with Crippen molar-refractivity contribution in [1.29, 1.82) is 0 Å². The minimum absolute atomic E-state index is 0.00285. The molecule has 2 aromatic rings. The summed E-state index contributed by atoms with van der Waals surface area (Å²) in [5.41, 5.74) is 2.89. The molecule has 2 rings (SSSR count). The average Bonchev–Trinajstić information content (AvgIpc) is 2.48. The molecule has 0 saturated carbocycles. The second kappa shape index (κ2) is 6.24. The zero-order valence-corrected chi connectivity index (χ0v) is 12.0. The fourth-order valence-corrected chi connectivity index (χ4v) is 1.91. The summed E-state index contributed by atoms with van der Waals surface area (Å²) in [6, 6.07) is 12.9. The van der Waals surface area contributed by atoms with Crippen LogP contribution in [0, 0.1) is 13.8 Å². The molecule has 3 nitrogen and oxygen atoms in total. The fourth-order valence-electron chi connectivity index (χ4n) is 1.91. The summed E-state index contributed by atoms with van der Waals surface area (Å²) in [5.74, 6) is 1.18. The van der Waals surface area contributed by atoms with Crippen molar-refractivity contribution in [3.8, 4) is 11.5 Å². The highest BCUT2D eigenvalue weighted by Gasteiger charge is 2.12. The number of ether oxygens (including phenoxy) is 2. The average molecular weight is 270 g/mol. The van der Waals surface area contributed by atoms with Crippen LogP contribution < -0.4 is 9.47 Å². The lowest BCUT2D eigenvalue weighted by molar-refractivity contribution is 0.0918.